The number of carbonyl (C=O) groups is 2. The standard InChI is InChI=1S/C23H30N4O4/c1-26-11-13-27(14-12-26)21(17-7-9-19(30-2)10-8-17)16-24-22(28)23(29)25-18-5-4-6-20(15-18)31-3/h4-10,15,21H,11-14,16H2,1-3H3,(H,24,28)(H,25,29)/p+2/t21-/m1/s1. The number of methoxy groups -OCH3 is 2. The summed E-state index contributed by atoms with van der Waals surface area (Å²) in [6.45, 7) is 4.55. The van der Waals surface area contributed by atoms with E-state index in [-0.39, 0.29) is 6.04 Å². The maximum atomic E-state index is 12.5. The second-order valence-electron chi connectivity index (χ2n) is 7.84. The van der Waals surface area contributed by atoms with E-state index >= 15 is 0 Å². The van der Waals surface area contributed by atoms with Crippen molar-refractivity contribution in [3.63, 3.8) is 0 Å². The van der Waals surface area contributed by atoms with Crippen molar-refractivity contribution in [1.82, 2.24) is 5.32 Å². The van der Waals surface area contributed by atoms with Gasteiger partial charge in [0.1, 0.15) is 43.7 Å². The van der Waals surface area contributed by atoms with Gasteiger partial charge in [-0.1, -0.05) is 6.07 Å². The molecule has 1 aliphatic rings. The van der Waals surface area contributed by atoms with E-state index in [0.717, 1.165) is 37.5 Å². The van der Waals surface area contributed by atoms with Gasteiger partial charge in [-0.3, -0.25) is 9.59 Å². The topological polar surface area (TPSA) is 85.5 Å². The summed E-state index contributed by atoms with van der Waals surface area (Å²) in [7, 11) is 5.39. The van der Waals surface area contributed by atoms with Crippen molar-refractivity contribution in [3.8, 4) is 11.5 Å². The largest absolute Gasteiger partial charge is 0.497 e. The maximum absolute atomic E-state index is 12.5. The Bertz CT molecular complexity index is 879. The highest BCUT2D eigenvalue weighted by molar-refractivity contribution is 6.39. The van der Waals surface area contributed by atoms with E-state index in [9.17, 15) is 9.59 Å². The van der Waals surface area contributed by atoms with Crippen molar-refractivity contribution in [2.24, 2.45) is 0 Å². The predicted molar refractivity (Wildman–Crippen MR) is 118 cm³/mol. The number of hydrogen-bond acceptors (Lipinski definition) is 4. The van der Waals surface area contributed by atoms with Crippen molar-refractivity contribution >= 4 is 17.5 Å². The number of piperazine rings is 1. The number of quaternary nitrogens is 2. The van der Waals surface area contributed by atoms with Gasteiger partial charge in [-0.25, -0.2) is 0 Å². The monoisotopic (exact) mass is 428 g/mol. The van der Waals surface area contributed by atoms with Crippen LogP contribution in [0.4, 0.5) is 5.69 Å². The molecular formula is C23H32N4O4+2. The first-order valence-electron chi connectivity index (χ1n) is 10.5. The molecule has 0 bridgehead atoms. The van der Waals surface area contributed by atoms with Gasteiger partial charge in [-0.15, -0.1) is 0 Å². The normalized spacial score (nSPS) is 19.2. The first kappa shape index (κ1) is 22.6. The summed E-state index contributed by atoms with van der Waals surface area (Å²) in [4.78, 5) is 27.8. The zero-order chi connectivity index (χ0) is 22.2. The third kappa shape index (κ3) is 6.19. The zero-order valence-corrected chi connectivity index (χ0v) is 18.4. The van der Waals surface area contributed by atoms with Crippen molar-refractivity contribution < 1.29 is 28.9 Å². The van der Waals surface area contributed by atoms with Crippen LogP contribution in [0, 0.1) is 0 Å². The lowest BCUT2D eigenvalue weighted by molar-refractivity contribution is -1.02. The molecule has 0 spiro atoms. The number of amides is 2. The van der Waals surface area contributed by atoms with E-state index in [1.54, 1.807) is 38.5 Å². The highest BCUT2D eigenvalue weighted by Gasteiger charge is 2.30. The molecular weight excluding hydrogens is 396 g/mol. The van der Waals surface area contributed by atoms with E-state index in [1.807, 2.05) is 24.3 Å². The minimum atomic E-state index is -0.695. The lowest BCUT2D eigenvalue weighted by Crippen LogP contribution is -3.27. The van der Waals surface area contributed by atoms with E-state index in [1.165, 1.54) is 9.80 Å². The van der Waals surface area contributed by atoms with Crippen molar-refractivity contribution in [2.75, 3.05) is 59.3 Å². The van der Waals surface area contributed by atoms with Crippen LogP contribution < -0.4 is 29.9 Å². The number of carbonyl (C=O) groups excluding carboxylic acids is 2. The average molecular weight is 429 g/mol. The molecule has 1 aliphatic heterocycles. The number of rotatable bonds is 7. The molecule has 8 nitrogen and oxygen atoms in total. The quantitative estimate of drug-likeness (QED) is 0.423. The highest BCUT2D eigenvalue weighted by atomic mass is 16.5. The molecule has 1 atom stereocenters. The van der Waals surface area contributed by atoms with Crippen LogP contribution in [0.1, 0.15) is 11.6 Å². The molecule has 166 valence electrons. The number of hydrogen-bond donors (Lipinski definition) is 4. The number of ether oxygens (including phenoxy) is 2. The Morgan fingerprint density at radius 3 is 2.26 bits per heavy atom. The number of anilines is 1. The van der Waals surface area contributed by atoms with Gasteiger partial charge >= 0.3 is 11.8 Å². The van der Waals surface area contributed by atoms with E-state index < -0.39 is 11.8 Å². The molecule has 0 unspecified atom stereocenters. The lowest BCUT2D eigenvalue weighted by atomic mass is 10.0. The van der Waals surface area contributed by atoms with Crippen LogP contribution in [0.5, 0.6) is 11.5 Å². The molecule has 0 aromatic heterocycles. The number of nitrogens with one attached hydrogen (secondary N) is 4. The Morgan fingerprint density at radius 2 is 1.61 bits per heavy atom. The Labute approximate surface area is 183 Å². The van der Waals surface area contributed by atoms with E-state index in [4.69, 9.17) is 9.47 Å². The molecule has 2 aromatic carbocycles. The molecule has 2 amide bonds. The lowest BCUT2D eigenvalue weighted by Gasteiger charge is -2.33. The average Bonchev–Trinajstić information content (AvgIpc) is 2.80. The molecule has 2 aromatic rings. The fourth-order valence-corrected chi connectivity index (χ4v) is 3.84. The summed E-state index contributed by atoms with van der Waals surface area (Å²) < 4.78 is 10.4. The van der Waals surface area contributed by atoms with Crippen LogP contribution in [0.3, 0.4) is 0 Å². The molecule has 1 heterocycles. The van der Waals surface area contributed by atoms with Gasteiger partial charge in [0.2, 0.25) is 0 Å². The fourth-order valence-electron chi connectivity index (χ4n) is 3.84. The van der Waals surface area contributed by atoms with Gasteiger partial charge in [0.25, 0.3) is 0 Å². The second-order valence-corrected chi connectivity index (χ2v) is 7.84. The molecule has 0 radical (unpaired) electrons. The summed E-state index contributed by atoms with van der Waals surface area (Å²) in [5, 5.41) is 5.45. The van der Waals surface area contributed by atoms with Gasteiger partial charge in [0.05, 0.1) is 27.8 Å². The SMILES string of the molecule is COc1ccc([C@@H](CNC(=O)C(=O)Nc2cccc(OC)c2)[NH+]2CC[NH+](C)CC2)cc1. The molecule has 3 rings (SSSR count). The molecule has 31 heavy (non-hydrogen) atoms. The first-order valence-corrected chi connectivity index (χ1v) is 10.5. The smallest absolute Gasteiger partial charge is 0.313 e. The first-order chi connectivity index (χ1) is 15.0. The minimum absolute atomic E-state index is 0.0626. The van der Waals surface area contributed by atoms with Crippen LogP contribution in [0.15, 0.2) is 48.5 Å². The summed E-state index contributed by atoms with van der Waals surface area (Å²) in [6.07, 6.45) is 0. The van der Waals surface area contributed by atoms with E-state index in [2.05, 4.69) is 17.7 Å². The molecule has 4 N–H and O–H groups in total. The summed E-state index contributed by atoms with van der Waals surface area (Å²) in [5.41, 5.74) is 1.63. The second kappa shape index (κ2) is 10.8. The molecule has 8 heteroatoms. The van der Waals surface area contributed by atoms with Crippen LogP contribution in [-0.4, -0.2) is 65.8 Å². The van der Waals surface area contributed by atoms with Crippen molar-refractivity contribution in [2.45, 2.75) is 6.04 Å². The van der Waals surface area contributed by atoms with Crippen molar-refractivity contribution in [1.29, 1.82) is 0 Å². The van der Waals surface area contributed by atoms with Gasteiger partial charge in [0, 0.05) is 17.3 Å². The summed E-state index contributed by atoms with van der Waals surface area (Å²) >= 11 is 0. The van der Waals surface area contributed by atoms with Gasteiger partial charge in [-0.2, -0.15) is 0 Å². The van der Waals surface area contributed by atoms with Crippen LogP contribution in [-0.2, 0) is 9.59 Å². The molecule has 1 saturated heterocycles. The Kier molecular flexibility index (Phi) is 7.86. The predicted octanol–water partition coefficient (Wildman–Crippen LogP) is -1.09. The van der Waals surface area contributed by atoms with Gasteiger partial charge in [0.15, 0.2) is 0 Å². The van der Waals surface area contributed by atoms with Gasteiger partial charge in [-0.05, 0) is 36.4 Å². The summed E-state index contributed by atoms with van der Waals surface area (Å²) in [6, 6.07) is 14.9. The van der Waals surface area contributed by atoms with Crippen molar-refractivity contribution in [3.05, 3.63) is 54.1 Å². The molecule has 0 aliphatic carbocycles. The summed E-state index contributed by atoms with van der Waals surface area (Å²) in [5.74, 6) is 0.0561. The number of benzene rings is 2. The third-order valence-corrected chi connectivity index (χ3v) is 5.76. The van der Waals surface area contributed by atoms with Crippen LogP contribution in [0.2, 0.25) is 0 Å². The maximum Gasteiger partial charge on any atom is 0.313 e. The Balaban J connectivity index is 1.65. The minimum Gasteiger partial charge on any atom is -0.497 e. The Morgan fingerprint density at radius 1 is 0.935 bits per heavy atom. The fraction of sp³-hybridized carbons (Fsp3) is 0.391. The third-order valence-electron chi connectivity index (χ3n) is 5.76. The number of likely N-dealkylation sites (N-methyl/N-ethyl adjacent to an activating group) is 1. The van der Waals surface area contributed by atoms with E-state index in [0.29, 0.717) is 18.0 Å². The molecule has 1 fully saturated rings. The molecule has 0 saturated carbocycles. The van der Waals surface area contributed by atoms with Gasteiger partial charge < -0.3 is 29.9 Å². The van der Waals surface area contributed by atoms with Crippen LogP contribution in [0.25, 0.3) is 0 Å². The van der Waals surface area contributed by atoms with Crippen LogP contribution >= 0.6 is 0 Å². The highest BCUT2D eigenvalue weighted by Crippen LogP contribution is 2.17. The zero-order valence-electron chi connectivity index (χ0n) is 18.4. The Hall–Kier alpha value is -3.10.